The third-order valence-electron chi connectivity index (χ3n) is 3.81. The Bertz CT molecular complexity index is 680. The second-order valence-corrected chi connectivity index (χ2v) is 5.52. The van der Waals surface area contributed by atoms with Crippen molar-refractivity contribution < 1.29 is 14.0 Å². The van der Waals surface area contributed by atoms with Crippen LogP contribution in [0.5, 0.6) is 0 Å². The van der Waals surface area contributed by atoms with Gasteiger partial charge in [0.2, 0.25) is 0 Å². The first-order chi connectivity index (χ1) is 11.9. The summed E-state index contributed by atoms with van der Waals surface area (Å²) in [7, 11) is -0.471. The van der Waals surface area contributed by atoms with Crippen molar-refractivity contribution in [1.29, 1.82) is 0 Å². The van der Waals surface area contributed by atoms with Crippen molar-refractivity contribution in [1.82, 2.24) is 0 Å². The number of rotatable bonds is 6. The molecule has 0 N–H and O–H groups in total. The van der Waals surface area contributed by atoms with Gasteiger partial charge in [0.15, 0.2) is 0 Å². The standard InChI is InChI=1S/C17H18BN3O3/c19-21-20-16-12-23-18(15-9-5-2-6-10-15)24-17(16)13-22-11-14-7-3-1-4-8-14/h1-10,16-17H,11-13H2/t16-,17-/m1/s1. The van der Waals surface area contributed by atoms with Crippen LogP contribution >= 0.6 is 0 Å². The summed E-state index contributed by atoms with van der Waals surface area (Å²) in [5.74, 6) is 0. The van der Waals surface area contributed by atoms with E-state index < -0.39 is 13.2 Å². The minimum absolute atomic E-state index is 0.309. The van der Waals surface area contributed by atoms with Gasteiger partial charge in [-0.3, -0.25) is 0 Å². The van der Waals surface area contributed by atoms with E-state index in [9.17, 15) is 0 Å². The first-order valence-corrected chi connectivity index (χ1v) is 7.84. The molecule has 0 aliphatic carbocycles. The summed E-state index contributed by atoms with van der Waals surface area (Å²) < 4.78 is 17.4. The summed E-state index contributed by atoms with van der Waals surface area (Å²) in [5, 5.41) is 3.77. The van der Waals surface area contributed by atoms with Crippen LogP contribution in [0.15, 0.2) is 65.8 Å². The number of nitrogens with zero attached hydrogens (tertiary/aromatic N) is 3. The Morgan fingerprint density at radius 2 is 1.83 bits per heavy atom. The van der Waals surface area contributed by atoms with Crippen molar-refractivity contribution in [3.8, 4) is 0 Å². The fourth-order valence-electron chi connectivity index (χ4n) is 2.56. The molecule has 7 heteroatoms. The van der Waals surface area contributed by atoms with Crippen LogP contribution in [0.3, 0.4) is 0 Å². The third kappa shape index (κ3) is 4.37. The average molecular weight is 323 g/mol. The third-order valence-corrected chi connectivity index (χ3v) is 3.81. The highest BCUT2D eigenvalue weighted by molar-refractivity contribution is 6.61. The molecule has 1 aliphatic heterocycles. The number of ether oxygens (including phenoxy) is 1. The van der Waals surface area contributed by atoms with Crippen LogP contribution in [0.2, 0.25) is 0 Å². The lowest BCUT2D eigenvalue weighted by Crippen LogP contribution is -2.52. The van der Waals surface area contributed by atoms with Crippen LogP contribution in [-0.2, 0) is 20.7 Å². The molecular weight excluding hydrogens is 305 g/mol. The second-order valence-electron chi connectivity index (χ2n) is 5.52. The molecule has 122 valence electrons. The van der Waals surface area contributed by atoms with E-state index in [0.717, 1.165) is 11.0 Å². The van der Waals surface area contributed by atoms with Crippen molar-refractivity contribution in [2.45, 2.75) is 18.8 Å². The molecule has 3 rings (SSSR count). The molecule has 1 heterocycles. The Hall–Kier alpha value is -2.31. The zero-order chi connectivity index (χ0) is 16.6. The SMILES string of the molecule is [N-]=[N+]=N[C@@H]1COB(c2ccccc2)O[C@@H]1COCc1ccccc1. The Labute approximate surface area is 141 Å². The van der Waals surface area contributed by atoms with Crippen LogP contribution < -0.4 is 5.46 Å². The molecule has 2 aromatic rings. The van der Waals surface area contributed by atoms with E-state index in [4.69, 9.17) is 19.6 Å². The minimum Gasteiger partial charge on any atom is -0.407 e. The predicted octanol–water partition coefficient (Wildman–Crippen LogP) is 2.69. The molecule has 6 nitrogen and oxygen atoms in total. The molecule has 24 heavy (non-hydrogen) atoms. The normalized spacial score (nSPS) is 20.4. The fourth-order valence-corrected chi connectivity index (χ4v) is 2.56. The fraction of sp³-hybridized carbons (Fsp3) is 0.294. The molecule has 0 aromatic heterocycles. The van der Waals surface area contributed by atoms with Gasteiger partial charge in [0.1, 0.15) is 0 Å². The maximum Gasteiger partial charge on any atom is 0.494 e. The molecule has 0 bridgehead atoms. The maximum atomic E-state index is 8.73. The van der Waals surface area contributed by atoms with Crippen LogP contribution in [0.4, 0.5) is 0 Å². The smallest absolute Gasteiger partial charge is 0.407 e. The molecule has 1 fully saturated rings. The Morgan fingerprint density at radius 3 is 2.54 bits per heavy atom. The van der Waals surface area contributed by atoms with Gasteiger partial charge in [0, 0.05) is 11.5 Å². The minimum atomic E-state index is -0.471. The maximum absolute atomic E-state index is 8.73. The number of azide groups is 1. The molecule has 0 amide bonds. The summed E-state index contributed by atoms with van der Waals surface area (Å²) in [6.45, 7) is 1.13. The van der Waals surface area contributed by atoms with E-state index in [1.807, 2.05) is 60.7 Å². The molecule has 1 aliphatic rings. The highest BCUT2D eigenvalue weighted by Crippen LogP contribution is 2.16. The number of benzene rings is 2. The van der Waals surface area contributed by atoms with Crippen LogP contribution in [0.25, 0.3) is 10.4 Å². The molecule has 1 saturated heterocycles. The van der Waals surface area contributed by atoms with Gasteiger partial charge in [0.25, 0.3) is 0 Å². The monoisotopic (exact) mass is 323 g/mol. The summed E-state index contributed by atoms with van der Waals surface area (Å²) in [6, 6.07) is 19.2. The van der Waals surface area contributed by atoms with Crippen molar-refractivity contribution in [2.24, 2.45) is 5.11 Å². The zero-order valence-corrected chi connectivity index (χ0v) is 13.2. The van der Waals surface area contributed by atoms with E-state index in [1.54, 1.807) is 0 Å². The predicted molar refractivity (Wildman–Crippen MR) is 91.7 cm³/mol. The molecule has 2 atom stereocenters. The van der Waals surface area contributed by atoms with Gasteiger partial charge >= 0.3 is 7.12 Å². The molecule has 0 unspecified atom stereocenters. The number of hydrogen-bond donors (Lipinski definition) is 0. The van der Waals surface area contributed by atoms with Gasteiger partial charge in [-0.2, -0.15) is 0 Å². The van der Waals surface area contributed by atoms with Crippen LogP contribution in [0.1, 0.15) is 5.56 Å². The Balaban J connectivity index is 1.61. The highest BCUT2D eigenvalue weighted by Gasteiger charge is 2.36. The van der Waals surface area contributed by atoms with Crippen LogP contribution in [0, 0.1) is 0 Å². The van der Waals surface area contributed by atoms with Crippen molar-refractivity contribution in [3.63, 3.8) is 0 Å². The van der Waals surface area contributed by atoms with Gasteiger partial charge in [-0.05, 0) is 16.6 Å². The molecule has 0 saturated carbocycles. The molecular formula is C17H18BN3O3. The van der Waals surface area contributed by atoms with Gasteiger partial charge in [-0.15, -0.1) is 0 Å². The summed E-state index contributed by atoms with van der Waals surface area (Å²) in [5.41, 5.74) is 10.8. The first-order valence-electron chi connectivity index (χ1n) is 7.84. The van der Waals surface area contributed by atoms with Crippen molar-refractivity contribution in [3.05, 3.63) is 76.7 Å². The largest absolute Gasteiger partial charge is 0.494 e. The summed E-state index contributed by atoms with van der Waals surface area (Å²) in [6.07, 6.45) is -0.344. The molecule has 0 spiro atoms. The van der Waals surface area contributed by atoms with E-state index in [-0.39, 0.29) is 6.10 Å². The van der Waals surface area contributed by atoms with Crippen molar-refractivity contribution in [2.75, 3.05) is 13.2 Å². The molecule has 0 radical (unpaired) electrons. The topological polar surface area (TPSA) is 76.5 Å². The zero-order valence-electron chi connectivity index (χ0n) is 13.2. The van der Waals surface area contributed by atoms with E-state index in [1.165, 1.54) is 0 Å². The van der Waals surface area contributed by atoms with Gasteiger partial charge in [-0.1, -0.05) is 65.8 Å². The summed E-state index contributed by atoms with van der Waals surface area (Å²) in [4.78, 5) is 2.88. The molecule has 2 aromatic carbocycles. The lowest BCUT2D eigenvalue weighted by molar-refractivity contribution is -0.0153. The Kier molecular flexibility index (Phi) is 5.87. The lowest BCUT2D eigenvalue weighted by atomic mass is 9.77. The lowest BCUT2D eigenvalue weighted by Gasteiger charge is -2.32. The van der Waals surface area contributed by atoms with E-state index >= 15 is 0 Å². The Morgan fingerprint density at radius 1 is 1.12 bits per heavy atom. The van der Waals surface area contributed by atoms with Gasteiger partial charge < -0.3 is 14.0 Å². The highest BCUT2D eigenvalue weighted by atomic mass is 16.6. The van der Waals surface area contributed by atoms with E-state index in [0.29, 0.717) is 19.8 Å². The van der Waals surface area contributed by atoms with Crippen LogP contribution in [-0.4, -0.2) is 32.5 Å². The number of hydrogen-bond acceptors (Lipinski definition) is 4. The average Bonchev–Trinajstić information content (AvgIpc) is 2.65. The van der Waals surface area contributed by atoms with Gasteiger partial charge in [-0.25, -0.2) is 0 Å². The second kappa shape index (κ2) is 8.52. The summed E-state index contributed by atoms with van der Waals surface area (Å²) >= 11 is 0. The quantitative estimate of drug-likeness (QED) is 0.355. The van der Waals surface area contributed by atoms with Crippen molar-refractivity contribution >= 4 is 12.6 Å². The first kappa shape index (κ1) is 16.5. The van der Waals surface area contributed by atoms with Gasteiger partial charge in [0.05, 0.1) is 25.4 Å². The van der Waals surface area contributed by atoms with E-state index in [2.05, 4.69) is 10.0 Å².